The average molecular weight is 386 g/mol. The Bertz CT molecular complexity index is 884. The molecule has 9 heteroatoms. The summed E-state index contributed by atoms with van der Waals surface area (Å²) in [4.78, 5) is 14.6. The summed E-state index contributed by atoms with van der Waals surface area (Å²) in [6.07, 6.45) is 0. The summed E-state index contributed by atoms with van der Waals surface area (Å²) < 4.78 is 53.7. The van der Waals surface area contributed by atoms with Gasteiger partial charge in [-0.3, -0.25) is 4.79 Å². The number of carbonyl (C=O) groups is 1. The predicted octanol–water partition coefficient (Wildman–Crippen LogP) is 2.48. The molecule has 0 spiro atoms. The molecule has 0 atom stereocenters. The molecule has 1 saturated heterocycles. The smallest absolute Gasteiger partial charge is 0.264 e. The molecule has 0 N–H and O–H groups in total. The second kappa shape index (κ2) is 6.81. The van der Waals surface area contributed by atoms with E-state index in [4.69, 9.17) is 0 Å². The lowest BCUT2D eigenvalue weighted by Gasteiger charge is -2.33. The van der Waals surface area contributed by atoms with Crippen molar-refractivity contribution < 1.29 is 22.0 Å². The number of benzene rings is 1. The van der Waals surface area contributed by atoms with Crippen molar-refractivity contribution in [3.8, 4) is 0 Å². The van der Waals surface area contributed by atoms with E-state index in [1.165, 1.54) is 11.3 Å². The van der Waals surface area contributed by atoms with Crippen molar-refractivity contribution in [2.75, 3.05) is 26.2 Å². The number of carbonyl (C=O) groups excluding carboxylic acids is 1. The third-order valence-corrected chi connectivity index (χ3v) is 6.93. The Morgan fingerprint density at radius 3 is 2.16 bits per heavy atom. The highest BCUT2D eigenvalue weighted by Gasteiger charge is 2.34. The molecule has 1 aliphatic heterocycles. The largest absolute Gasteiger partial charge is 0.335 e. The van der Waals surface area contributed by atoms with Gasteiger partial charge in [0.15, 0.2) is 4.90 Å². The fourth-order valence-corrected chi connectivity index (χ4v) is 5.06. The molecule has 1 amide bonds. The van der Waals surface area contributed by atoms with Crippen molar-refractivity contribution in [2.45, 2.75) is 11.8 Å². The minimum absolute atomic E-state index is 0.00773. The first kappa shape index (κ1) is 18.0. The molecule has 3 rings (SSSR count). The molecule has 5 nitrogen and oxygen atoms in total. The van der Waals surface area contributed by atoms with Crippen molar-refractivity contribution in [1.82, 2.24) is 9.21 Å². The van der Waals surface area contributed by atoms with Crippen molar-refractivity contribution >= 4 is 27.3 Å². The Hall–Kier alpha value is -1.84. The van der Waals surface area contributed by atoms with E-state index in [-0.39, 0.29) is 32.1 Å². The van der Waals surface area contributed by atoms with E-state index >= 15 is 0 Å². The summed E-state index contributed by atoms with van der Waals surface area (Å²) >= 11 is 1.37. The number of nitrogens with zero attached hydrogens (tertiary/aromatic N) is 2. The molecular weight excluding hydrogens is 370 g/mol. The molecule has 2 heterocycles. The van der Waals surface area contributed by atoms with E-state index < -0.39 is 26.6 Å². The Morgan fingerprint density at radius 1 is 1.04 bits per heavy atom. The van der Waals surface area contributed by atoms with Crippen molar-refractivity contribution in [2.24, 2.45) is 0 Å². The number of hydrogen-bond acceptors (Lipinski definition) is 4. The van der Waals surface area contributed by atoms with Crippen LogP contribution < -0.4 is 0 Å². The fraction of sp³-hybridized carbons (Fsp3) is 0.312. The number of hydrogen-bond donors (Lipinski definition) is 0. The molecular formula is C16H16F2N2O3S2. The molecule has 2 aromatic rings. The molecule has 0 unspecified atom stereocenters. The maximum atomic E-state index is 13.8. The molecule has 1 aliphatic rings. The van der Waals surface area contributed by atoms with Gasteiger partial charge in [0, 0.05) is 31.1 Å². The van der Waals surface area contributed by atoms with Crippen LogP contribution in [0.1, 0.15) is 14.5 Å². The summed E-state index contributed by atoms with van der Waals surface area (Å²) in [5, 5.41) is 0. The van der Waals surface area contributed by atoms with E-state index in [1.807, 2.05) is 13.0 Å². The molecule has 0 saturated carbocycles. The number of piperazine rings is 1. The third kappa shape index (κ3) is 3.44. The van der Waals surface area contributed by atoms with Crippen LogP contribution in [-0.4, -0.2) is 49.7 Å². The normalized spacial score (nSPS) is 16.2. The van der Waals surface area contributed by atoms with E-state index in [2.05, 4.69) is 0 Å². The first-order valence-corrected chi connectivity index (χ1v) is 9.86. The van der Waals surface area contributed by atoms with Gasteiger partial charge in [-0.25, -0.2) is 17.2 Å². The second-order valence-corrected chi connectivity index (χ2v) is 8.82. The number of thiophene rings is 1. The summed E-state index contributed by atoms with van der Waals surface area (Å²) in [6, 6.07) is 6.52. The molecule has 134 valence electrons. The summed E-state index contributed by atoms with van der Waals surface area (Å²) in [5.74, 6) is -2.40. The quantitative estimate of drug-likeness (QED) is 0.814. The van der Waals surface area contributed by atoms with Crippen molar-refractivity contribution in [1.29, 1.82) is 0 Å². The topological polar surface area (TPSA) is 57.7 Å². The second-order valence-electron chi connectivity index (χ2n) is 5.66. The van der Waals surface area contributed by atoms with Gasteiger partial charge < -0.3 is 4.90 Å². The van der Waals surface area contributed by atoms with Crippen molar-refractivity contribution in [3.05, 3.63) is 51.7 Å². The number of sulfonamides is 1. The third-order valence-electron chi connectivity index (χ3n) is 3.99. The molecule has 1 aromatic heterocycles. The Morgan fingerprint density at radius 2 is 1.64 bits per heavy atom. The van der Waals surface area contributed by atoms with Gasteiger partial charge in [0.2, 0.25) is 10.0 Å². The van der Waals surface area contributed by atoms with E-state index in [9.17, 15) is 22.0 Å². The van der Waals surface area contributed by atoms with Gasteiger partial charge in [-0.1, -0.05) is 6.07 Å². The van der Waals surface area contributed by atoms with Gasteiger partial charge in [0.05, 0.1) is 4.88 Å². The Kier molecular flexibility index (Phi) is 4.90. The minimum Gasteiger partial charge on any atom is -0.335 e. The predicted molar refractivity (Wildman–Crippen MR) is 90.1 cm³/mol. The SMILES string of the molecule is Cc1ccc(C(=O)N2CCN(S(=O)(=O)c3c(F)cccc3F)CC2)s1. The van der Waals surface area contributed by atoms with Crippen LogP contribution in [-0.2, 0) is 10.0 Å². The lowest BCUT2D eigenvalue weighted by atomic mass is 10.3. The van der Waals surface area contributed by atoms with Crippen LogP contribution in [0.25, 0.3) is 0 Å². The number of rotatable bonds is 3. The maximum absolute atomic E-state index is 13.8. The highest BCUT2D eigenvalue weighted by Crippen LogP contribution is 2.24. The zero-order chi connectivity index (χ0) is 18.2. The Labute approximate surface area is 148 Å². The van der Waals surface area contributed by atoms with Gasteiger partial charge in [-0.15, -0.1) is 11.3 Å². The zero-order valence-corrected chi connectivity index (χ0v) is 15.0. The molecule has 1 aromatic carbocycles. The zero-order valence-electron chi connectivity index (χ0n) is 13.4. The lowest BCUT2D eigenvalue weighted by Crippen LogP contribution is -2.50. The van der Waals surface area contributed by atoms with Crippen LogP contribution in [0.5, 0.6) is 0 Å². The highest BCUT2D eigenvalue weighted by atomic mass is 32.2. The summed E-state index contributed by atoms with van der Waals surface area (Å²) in [6.45, 7) is 2.23. The van der Waals surface area contributed by atoms with Gasteiger partial charge >= 0.3 is 0 Å². The minimum atomic E-state index is -4.29. The number of amides is 1. The molecule has 0 bridgehead atoms. The first-order chi connectivity index (χ1) is 11.8. The van der Waals surface area contributed by atoms with Crippen LogP contribution >= 0.6 is 11.3 Å². The van der Waals surface area contributed by atoms with Crippen LogP contribution in [0.2, 0.25) is 0 Å². The molecule has 0 radical (unpaired) electrons. The summed E-state index contributed by atoms with van der Waals surface area (Å²) in [7, 11) is -4.29. The standard InChI is InChI=1S/C16H16F2N2O3S2/c1-11-5-6-14(24-11)16(21)19-7-9-20(10-8-19)25(22,23)15-12(17)3-2-4-13(15)18/h2-6H,7-10H2,1H3. The van der Waals surface area contributed by atoms with E-state index in [0.29, 0.717) is 4.88 Å². The van der Waals surface area contributed by atoms with E-state index in [1.54, 1.807) is 11.0 Å². The monoisotopic (exact) mass is 386 g/mol. The van der Waals surface area contributed by atoms with Gasteiger partial charge in [-0.05, 0) is 31.2 Å². The molecule has 0 aliphatic carbocycles. The first-order valence-electron chi connectivity index (χ1n) is 7.60. The van der Waals surface area contributed by atoms with Crippen LogP contribution in [0.15, 0.2) is 35.2 Å². The number of aryl methyl sites for hydroxylation is 1. The summed E-state index contributed by atoms with van der Waals surface area (Å²) in [5.41, 5.74) is 0. The van der Waals surface area contributed by atoms with E-state index in [0.717, 1.165) is 27.4 Å². The van der Waals surface area contributed by atoms with Crippen LogP contribution in [0.3, 0.4) is 0 Å². The van der Waals surface area contributed by atoms with Gasteiger partial charge in [0.25, 0.3) is 5.91 Å². The Balaban J connectivity index is 1.75. The average Bonchev–Trinajstić information content (AvgIpc) is 3.00. The lowest BCUT2D eigenvalue weighted by molar-refractivity contribution is 0.0702. The maximum Gasteiger partial charge on any atom is 0.264 e. The fourth-order valence-electron chi connectivity index (χ4n) is 2.69. The molecule has 25 heavy (non-hydrogen) atoms. The van der Waals surface area contributed by atoms with Crippen LogP contribution in [0, 0.1) is 18.6 Å². The number of halogens is 2. The van der Waals surface area contributed by atoms with Gasteiger partial charge in [0.1, 0.15) is 11.6 Å². The molecule has 1 fully saturated rings. The van der Waals surface area contributed by atoms with Gasteiger partial charge in [-0.2, -0.15) is 4.31 Å². The van der Waals surface area contributed by atoms with Crippen molar-refractivity contribution in [3.63, 3.8) is 0 Å². The highest BCUT2D eigenvalue weighted by molar-refractivity contribution is 7.89. The van der Waals surface area contributed by atoms with Crippen LogP contribution in [0.4, 0.5) is 8.78 Å².